The molecule has 3 heteroatoms. The van der Waals surface area contributed by atoms with Crippen LogP contribution in [0.2, 0.25) is 0 Å². The van der Waals surface area contributed by atoms with E-state index in [4.69, 9.17) is 9.47 Å². The Morgan fingerprint density at radius 3 is 2.47 bits per heavy atom. The third kappa shape index (κ3) is 4.10. The van der Waals surface area contributed by atoms with Crippen molar-refractivity contribution in [3.05, 3.63) is 28.8 Å². The van der Waals surface area contributed by atoms with Gasteiger partial charge in [-0.15, -0.1) is 0 Å². The van der Waals surface area contributed by atoms with Crippen molar-refractivity contribution in [1.29, 1.82) is 0 Å². The van der Waals surface area contributed by atoms with Crippen molar-refractivity contribution in [2.75, 3.05) is 6.61 Å². The summed E-state index contributed by atoms with van der Waals surface area (Å²) in [6.07, 6.45) is -0.633. The molecule has 0 saturated carbocycles. The van der Waals surface area contributed by atoms with Gasteiger partial charge in [0.2, 0.25) is 0 Å². The van der Waals surface area contributed by atoms with Crippen LogP contribution in [0.4, 0.5) is 4.79 Å². The molecule has 0 heterocycles. The summed E-state index contributed by atoms with van der Waals surface area (Å²) >= 11 is 0. The smallest absolute Gasteiger partial charge is 0.434 e. The maximum Gasteiger partial charge on any atom is 0.513 e. The molecule has 1 aromatic carbocycles. The molecule has 0 unspecified atom stereocenters. The Bertz CT molecular complexity index is 408. The van der Waals surface area contributed by atoms with Crippen molar-refractivity contribution in [3.63, 3.8) is 0 Å². The molecular formula is C14H20O3. The number of ether oxygens (including phenoxy) is 2. The van der Waals surface area contributed by atoms with Crippen LogP contribution in [-0.4, -0.2) is 12.8 Å². The second kappa shape index (κ2) is 5.71. The summed E-state index contributed by atoms with van der Waals surface area (Å²) in [5.41, 5.74) is 3.15. The van der Waals surface area contributed by atoms with Gasteiger partial charge in [0.25, 0.3) is 0 Å². The first-order valence-corrected chi connectivity index (χ1v) is 5.82. The van der Waals surface area contributed by atoms with E-state index in [1.165, 1.54) is 0 Å². The van der Waals surface area contributed by atoms with Gasteiger partial charge < -0.3 is 9.47 Å². The molecule has 0 atom stereocenters. The van der Waals surface area contributed by atoms with Gasteiger partial charge in [-0.25, -0.2) is 4.79 Å². The van der Waals surface area contributed by atoms with Gasteiger partial charge in [0.15, 0.2) is 0 Å². The van der Waals surface area contributed by atoms with Crippen molar-refractivity contribution in [2.24, 2.45) is 5.92 Å². The zero-order valence-electron chi connectivity index (χ0n) is 11.2. The van der Waals surface area contributed by atoms with Gasteiger partial charge in [-0.1, -0.05) is 19.9 Å². The summed E-state index contributed by atoms with van der Waals surface area (Å²) < 4.78 is 10.2. The zero-order chi connectivity index (χ0) is 13.0. The highest BCUT2D eigenvalue weighted by atomic mass is 16.7. The highest BCUT2D eigenvalue weighted by Crippen LogP contribution is 2.23. The lowest BCUT2D eigenvalue weighted by molar-refractivity contribution is 0.0883. The van der Waals surface area contributed by atoms with E-state index < -0.39 is 6.16 Å². The summed E-state index contributed by atoms with van der Waals surface area (Å²) in [5.74, 6) is 0.888. The molecule has 0 fully saturated rings. The van der Waals surface area contributed by atoms with Gasteiger partial charge in [0.05, 0.1) is 6.61 Å². The molecular weight excluding hydrogens is 216 g/mol. The molecule has 1 rings (SSSR count). The van der Waals surface area contributed by atoms with E-state index in [0.29, 0.717) is 18.3 Å². The lowest BCUT2D eigenvalue weighted by Crippen LogP contribution is -2.14. The van der Waals surface area contributed by atoms with E-state index in [1.807, 2.05) is 40.7 Å². The molecule has 0 aromatic heterocycles. The van der Waals surface area contributed by atoms with Crippen molar-refractivity contribution >= 4 is 6.16 Å². The Labute approximate surface area is 103 Å². The first kappa shape index (κ1) is 13.6. The SMILES string of the molecule is Cc1cc(C)c(C)c(OC(=O)OCC(C)C)c1. The molecule has 1 aromatic rings. The van der Waals surface area contributed by atoms with Crippen LogP contribution in [0, 0.1) is 26.7 Å². The van der Waals surface area contributed by atoms with Crippen LogP contribution in [0.3, 0.4) is 0 Å². The first-order chi connectivity index (χ1) is 7.90. The van der Waals surface area contributed by atoms with Crippen LogP contribution >= 0.6 is 0 Å². The monoisotopic (exact) mass is 236 g/mol. The first-order valence-electron chi connectivity index (χ1n) is 5.82. The van der Waals surface area contributed by atoms with Crippen molar-refractivity contribution < 1.29 is 14.3 Å². The van der Waals surface area contributed by atoms with Gasteiger partial charge in [-0.05, 0) is 49.4 Å². The van der Waals surface area contributed by atoms with E-state index in [-0.39, 0.29) is 0 Å². The molecule has 0 amide bonds. The topological polar surface area (TPSA) is 35.5 Å². The molecule has 94 valence electrons. The Kier molecular flexibility index (Phi) is 4.55. The van der Waals surface area contributed by atoms with Crippen LogP contribution in [0.25, 0.3) is 0 Å². The van der Waals surface area contributed by atoms with Crippen LogP contribution < -0.4 is 4.74 Å². The Balaban J connectivity index is 2.71. The van der Waals surface area contributed by atoms with E-state index in [1.54, 1.807) is 0 Å². The minimum atomic E-state index is -0.633. The lowest BCUT2D eigenvalue weighted by Gasteiger charge is -2.11. The average molecular weight is 236 g/mol. The fourth-order valence-electron chi connectivity index (χ4n) is 1.46. The molecule has 0 bridgehead atoms. The van der Waals surface area contributed by atoms with Gasteiger partial charge in [0.1, 0.15) is 5.75 Å². The Hall–Kier alpha value is -1.51. The van der Waals surface area contributed by atoms with Gasteiger partial charge in [-0.2, -0.15) is 0 Å². The molecule has 17 heavy (non-hydrogen) atoms. The van der Waals surface area contributed by atoms with Crippen LogP contribution in [-0.2, 0) is 4.74 Å². The number of hydrogen-bond acceptors (Lipinski definition) is 3. The molecule has 0 radical (unpaired) electrons. The summed E-state index contributed by atoms with van der Waals surface area (Å²) in [5, 5.41) is 0. The number of benzene rings is 1. The van der Waals surface area contributed by atoms with Crippen LogP contribution in [0.15, 0.2) is 12.1 Å². The predicted molar refractivity (Wildman–Crippen MR) is 67.5 cm³/mol. The number of hydrogen-bond donors (Lipinski definition) is 0. The minimum absolute atomic E-state index is 0.308. The number of carbonyl (C=O) groups excluding carboxylic acids is 1. The molecule has 0 saturated heterocycles. The standard InChI is InChI=1S/C14H20O3/c1-9(2)8-16-14(15)17-13-7-10(3)6-11(4)12(13)5/h6-7,9H,8H2,1-5H3. The molecule has 0 spiro atoms. The molecule has 0 aliphatic rings. The highest BCUT2D eigenvalue weighted by molar-refractivity contribution is 5.65. The lowest BCUT2D eigenvalue weighted by atomic mass is 10.1. The predicted octanol–water partition coefficient (Wildman–Crippen LogP) is 3.78. The normalized spacial score (nSPS) is 10.5. The van der Waals surface area contributed by atoms with Gasteiger partial charge >= 0.3 is 6.16 Å². The second-order valence-electron chi connectivity index (χ2n) is 4.76. The zero-order valence-corrected chi connectivity index (χ0v) is 11.2. The van der Waals surface area contributed by atoms with Crippen molar-refractivity contribution in [1.82, 2.24) is 0 Å². The highest BCUT2D eigenvalue weighted by Gasteiger charge is 2.11. The second-order valence-corrected chi connectivity index (χ2v) is 4.76. The maximum atomic E-state index is 11.4. The van der Waals surface area contributed by atoms with Gasteiger partial charge in [-0.3, -0.25) is 0 Å². The average Bonchev–Trinajstić information content (AvgIpc) is 2.22. The largest absolute Gasteiger partial charge is 0.513 e. The third-order valence-corrected chi connectivity index (χ3v) is 2.49. The Morgan fingerprint density at radius 2 is 1.88 bits per heavy atom. The summed E-state index contributed by atoms with van der Waals surface area (Å²) in [6.45, 7) is 10.2. The third-order valence-electron chi connectivity index (χ3n) is 2.49. The molecule has 3 nitrogen and oxygen atoms in total. The van der Waals surface area contributed by atoms with E-state index in [2.05, 4.69) is 6.07 Å². The van der Waals surface area contributed by atoms with Crippen LogP contribution in [0.5, 0.6) is 5.75 Å². The van der Waals surface area contributed by atoms with E-state index in [0.717, 1.165) is 16.7 Å². The number of aryl methyl sites for hydroxylation is 2. The van der Waals surface area contributed by atoms with E-state index >= 15 is 0 Å². The van der Waals surface area contributed by atoms with Crippen molar-refractivity contribution in [2.45, 2.75) is 34.6 Å². The summed E-state index contributed by atoms with van der Waals surface area (Å²) in [4.78, 5) is 11.4. The van der Waals surface area contributed by atoms with Gasteiger partial charge in [0, 0.05) is 0 Å². The fraction of sp³-hybridized carbons (Fsp3) is 0.500. The minimum Gasteiger partial charge on any atom is -0.434 e. The maximum absolute atomic E-state index is 11.4. The van der Waals surface area contributed by atoms with Crippen LogP contribution in [0.1, 0.15) is 30.5 Å². The number of carbonyl (C=O) groups is 1. The summed E-state index contributed by atoms with van der Waals surface area (Å²) in [6, 6.07) is 3.90. The fourth-order valence-corrected chi connectivity index (χ4v) is 1.46. The number of rotatable bonds is 3. The quantitative estimate of drug-likeness (QED) is 0.591. The molecule has 0 N–H and O–H groups in total. The van der Waals surface area contributed by atoms with E-state index in [9.17, 15) is 4.79 Å². The summed E-state index contributed by atoms with van der Waals surface area (Å²) in [7, 11) is 0. The van der Waals surface area contributed by atoms with Crippen molar-refractivity contribution in [3.8, 4) is 5.75 Å². The molecule has 0 aliphatic heterocycles. The molecule has 0 aliphatic carbocycles. The Morgan fingerprint density at radius 1 is 1.24 bits per heavy atom.